The number of hydrogen-bond donors (Lipinski definition) is 2. The summed E-state index contributed by atoms with van der Waals surface area (Å²) in [5, 5.41) is 3.24. The fourth-order valence-electron chi connectivity index (χ4n) is 3.28. The predicted octanol–water partition coefficient (Wildman–Crippen LogP) is 3.55. The van der Waals surface area contributed by atoms with Crippen LogP contribution in [0.3, 0.4) is 0 Å². The Morgan fingerprint density at radius 1 is 1.14 bits per heavy atom. The number of hydrogen-bond acceptors (Lipinski definition) is 1. The van der Waals surface area contributed by atoms with Crippen LogP contribution in [0.4, 0.5) is 0 Å². The second-order valence-corrected chi connectivity index (χ2v) is 5.90. The van der Waals surface area contributed by atoms with Gasteiger partial charge in [0.05, 0.1) is 0 Å². The second kappa shape index (κ2) is 6.61. The molecule has 1 aromatic heterocycles. The van der Waals surface area contributed by atoms with Crippen LogP contribution in [0.5, 0.6) is 0 Å². The number of carbonyl (C=O) groups is 1. The lowest BCUT2D eigenvalue weighted by atomic mass is 9.92. The van der Waals surface area contributed by atoms with Crippen molar-refractivity contribution in [1.29, 1.82) is 0 Å². The lowest BCUT2D eigenvalue weighted by Gasteiger charge is -2.24. The molecule has 1 saturated carbocycles. The molecule has 1 aromatic carbocycles. The van der Waals surface area contributed by atoms with Crippen LogP contribution in [-0.4, -0.2) is 16.9 Å². The third-order valence-corrected chi connectivity index (χ3v) is 4.43. The number of carbonyl (C=O) groups excluding carboxylic acids is 1. The fourth-order valence-corrected chi connectivity index (χ4v) is 3.28. The number of rotatable bonds is 5. The number of H-pyrrole nitrogens is 1. The highest BCUT2D eigenvalue weighted by molar-refractivity contribution is 5.92. The lowest BCUT2D eigenvalue weighted by molar-refractivity contribution is 0.0917. The van der Waals surface area contributed by atoms with Crippen molar-refractivity contribution in [2.45, 2.75) is 38.1 Å². The zero-order valence-corrected chi connectivity index (χ0v) is 12.2. The minimum absolute atomic E-state index is 0.00725. The third-order valence-electron chi connectivity index (χ3n) is 4.43. The van der Waals surface area contributed by atoms with Crippen LogP contribution in [0.15, 0.2) is 48.7 Å². The van der Waals surface area contributed by atoms with E-state index in [1.165, 1.54) is 31.2 Å². The Hall–Kier alpha value is -2.03. The summed E-state index contributed by atoms with van der Waals surface area (Å²) in [5.41, 5.74) is 1.94. The van der Waals surface area contributed by atoms with E-state index in [2.05, 4.69) is 34.6 Å². The van der Waals surface area contributed by atoms with Crippen LogP contribution in [0.1, 0.15) is 41.7 Å². The highest BCUT2D eigenvalue weighted by Crippen LogP contribution is 2.29. The van der Waals surface area contributed by atoms with Crippen molar-refractivity contribution in [2.75, 3.05) is 0 Å². The van der Waals surface area contributed by atoms with Crippen LogP contribution in [0.2, 0.25) is 0 Å². The number of aromatic amines is 1. The zero-order valence-electron chi connectivity index (χ0n) is 12.2. The summed E-state index contributed by atoms with van der Waals surface area (Å²) in [6.45, 7) is 0. The van der Waals surface area contributed by atoms with Gasteiger partial charge in [-0.3, -0.25) is 4.79 Å². The first kappa shape index (κ1) is 13.9. The Morgan fingerprint density at radius 2 is 1.90 bits per heavy atom. The van der Waals surface area contributed by atoms with Crippen molar-refractivity contribution < 1.29 is 4.79 Å². The summed E-state index contributed by atoms with van der Waals surface area (Å²) in [4.78, 5) is 15.3. The molecule has 110 valence electrons. The first-order chi connectivity index (χ1) is 10.3. The molecule has 1 fully saturated rings. The molecular formula is C18H22N2O. The van der Waals surface area contributed by atoms with Crippen LogP contribution in [0, 0.1) is 5.92 Å². The zero-order chi connectivity index (χ0) is 14.5. The summed E-state index contributed by atoms with van der Waals surface area (Å²) >= 11 is 0. The summed E-state index contributed by atoms with van der Waals surface area (Å²) < 4.78 is 0. The van der Waals surface area contributed by atoms with E-state index >= 15 is 0 Å². The summed E-state index contributed by atoms with van der Waals surface area (Å²) in [5.74, 6) is 0.608. The SMILES string of the molecule is O=C(NC(Cc1ccccc1)C1CCCC1)c1ccc[nH]1. The molecule has 3 heteroatoms. The summed E-state index contributed by atoms with van der Waals surface area (Å²) in [6.07, 6.45) is 7.72. The van der Waals surface area contributed by atoms with Gasteiger partial charge in [-0.1, -0.05) is 43.2 Å². The highest BCUT2D eigenvalue weighted by atomic mass is 16.1. The molecular weight excluding hydrogens is 260 g/mol. The Kier molecular flexibility index (Phi) is 4.39. The number of amides is 1. The molecule has 1 atom stereocenters. The van der Waals surface area contributed by atoms with E-state index in [1.54, 1.807) is 6.20 Å². The van der Waals surface area contributed by atoms with Crippen molar-refractivity contribution in [3.63, 3.8) is 0 Å². The quantitative estimate of drug-likeness (QED) is 0.865. The van der Waals surface area contributed by atoms with Gasteiger partial charge in [-0.05, 0) is 42.9 Å². The largest absolute Gasteiger partial charge is 0.357 e. The molecule has 3 rings (SSSR count). The first-order valence-electron chi connectivity index (χ1n) is 7.81. The van der Waals surface area contributed by atoms with Gasteiger partial charge >= 0.3 is 0 Å². The maximum absolute atomic E-state index is 12.3. The number of aromatic nitrogens is 1. The Morgan fingerprint density at radius 3 is 2.57 bits per heavy atom. The molecule has 1 amide bonds. The van der Waals surface area contributed by atoms with Crippen LogP contribution in [0.25, 0.3) is 0 Å². The molecule has 0 spiro atoms. The molecule has 0 bridgehead atoms. The third kappa shape index (κ3) is 3.54. The number of benzene rings is 1. The molecule has 0 radical (unpaired) electrons. The maximum atomic E-state index is 12.3. The molecule has 1 heterocycles. The van der Waals surface area contributed by atoms with Crippen molar-refractivity contribution in [1.82, 2.24) is 10.3 Å². The van der Waals surface area contributed by atoms with Crippen LogP contribution >= 0.6 is 0 Å². The smallest absolute Gasteiger partial charge is 0.267 e. The molecule has 1 unspecified atom stereocenters. The Bertz CT molecular complexity index is 556. The van der Waals surface area contributed by atoms with Crippen LogP contribution in [-0.2, 0) is 6.42 Å². The highest BCUT2D eigenvalue weighted by Gasteiger charge is 2.27. The summed E-state index contributed by atoms with van der Waals surface area (Å²) in [7, 11) is 0. The standard InChI is InChI=1S/C18H22N2O/c21-18(16-11-6-12-19-16)20-17(15-9-4-5-10-15)13-14-7-2-1-3-8-14/h1-3,6-8,11-12,15,17,19H,4-5,9-10,13H2,(H,20,21). The minimum Gasteiger partial charge on any atom is -0.357 e. The average molecular weight is 282 g/mol. The van der Waals surface area contributed by atoms with Gasteiger partial charge < -0.3 is 10.3 Å². The van der Waals surface area contributed by atoms with Gasteiger partial charge in [-0.25, -0.2) is 0 Å². The van der Waals surface area contributed by atoms with Crippen molar-refractivity contribution in [3.8, 4) is 0 Å². The Balaban J connectivity index is 1.71. The van der Waals surface area contributed by atoms with Gasteiger partial charge in [0, 0.05) is 12.2 Å². The molecule has 3 nitrogen and oxygen atoms in total. The van der Waals surface area contributed by atoms with Crippen LogP contribution < -0.4 is 5.32 Å². The van der Waals surface area contributed by atoms with E-state index in [4.69, 9.17) is 0 Å². The van der Waals surface area contributed by atoms with E-state index in [-0.39, 0.29) is 11.9 Å². The summed E-state index contributed by atoms with van der Waals surface area (Å²) in [6, 6.07) is 14.4. The number of nitrogens with one attached hydrogen (secondary N) is 2. The molecule has 21 heavy (non-hydrogen) atoms. The predicted molar refractivity (Wildman–Crippen MR) is 84.2 cm³/mol. The average Bonchev–Trinajstić information content (AvgIpc) is 3.21. The van der Waals surface area contributed by atoms with E-state index in [0.717, 1.165) is 6.42 Å². The maximum Gasteiger partial charge on any atom is 0.267 e. The molecule has 2 aromatic rings. The topological polar surface area (TPSA) is 44.9 Å². The molecule has 1 aliphatic carbocycles. The Labute approximate surface area is 125 Å². The normalized spacial score (nSPS) is 16.8. The van der Waals surface area contributed by atoms with Gasteiger partial charge in [0.25, 0.3) is 5.91 Å². The van der Waals surface area contributed by atoms with Gasteiger partial charge in [-0.15, -0.1) is 0 Å². The fraction of sp³-hybridized carbons (Fsp3) is 0.389. The van der Waals surface area contributed by atoms with E-state index < -0.39 is 0 Å². The van der Waals surface area contributed by atoms with Gasteiger partial charge in [-0.2, -0.15) is 0 Å². The van der Waals surface area contributed by atoms with Crippen molar-refractivity contribution in [2.24, 2.45) is 5.92 Å². The first-order valence-corrected chi connectivity index (χ1v) is 7.81. The lowest BCUT2D eigenvalue weighted by Crippen LogP contribution is -2.41. The van der Waals surface area contributed by atoms with Gasteiger partial charge in [0.15, 0.2) is 0 Å². The minimum atomic E-state index is 0.00725. The monoisotopic (exact) mass is 282 g/mol. The van der Waals surface area contributed by atoms with E-state index in [1.807, 2.05) is 18.2 Å². The molecule has 2 N–H and O–H groups in total. The molecule has 1 aliphatic rings. The second-order valence-electron chi connectivity index (χ2n) is 5.90. The van der Waals surface area contributed by atoms with Gasteiger partial charge in [0.1, 0.15) is 5.69 Å². The van der Waals surface area contributed by atoms with E-state index in [9.17, 15) is 4.79 Å². The van der Waals surface area contributed by atoms with E-state index in [0.29, 0.717) is 11.6 Å². The molecule has 0 aliphatic heterocycles. The van der Waals surface area contributed by atoms with Crippen molar-refractivity contribution >= 4 is 5.91 Å². The van der Waals surface area contributed by atoms with Gasteiger partial charge in [0.2, 0.25) is 0 Å². The molecule has 0 saturated heterocycles. The van der Waals surface area contributed by atoms with Crippen molar-refractivity contribution in [3.05, 3.63) is 59.9 Å².